The van der Waals surface area contributed by atoms with Crippen molar-refractivity contribution < 1.29 is 9.53 Å². The molecule has 2 rings (SSSR count). The molecule has 20 heavy (non-hydrogen) atoms. The van der Waals surface area contributed by atoms with Gasteiger partial charge in [-0.25, -0.2) is 0 Å². The molecule has 0 heterocycles. The number of nitrogen functional groups attached to an aromatic ring is 1. The van der Waals surface area contributed by atoms with Gasteiger partial charge in [0.05, 0.1) is 6.10 Å². The molecule has 1 fully saturated rings. The van der Waals surface area contributed by atoms with E-state index in [0.29, 0.717) is 18.4 Å². The van der Waals surface area contributed by atoms with Crippen LogP contribution in [0.15, 0.2) is 12.1 Å². The Kier molecular flexibility index (Phi) is 4.65. The van der Waals surface area contributed by atoms with Crippen molar-refractivity contribution in [3.05, 3.63) is 23.3 Å². The minimum Gasteiger partial charge on any atom is -0.399 e. The summed E-state index contributed by atoms with van der Waals surface area (Å²) in [6.45, 7) is 6.67. The van der Waals surface area contributed by atoms with Gasteiger partial charge < -0.3 is 15.8 Å². The van der Waals surface area contributed by atoms with Gasteiger partial charge in [0.25, 0.3) is 0 Å². The van der Waals surface area contributed by atoms with E-state index in [2.05, 4.69) is 5.32 Å². The molecule has 3 N–H and O–H groups in total. The Hall–Kier alpha value is -1.55. The Morgan fingerprint density at radius 1 is 1.35 bits per heavy atom. The van der Waals surface area contributed by atoms with Gasteiger partial charge in [0.15, 0.2) is 0 Å². The van der Waals surface area contributed by atoms with Crippen molar-refractivity contribution in [1.82, 2.24) is 0 Å². The number of hydrogen-bond acceptors (Lipinski definition) is 3. The van der Waals surface area contributed by atoms with Crippen LogP contribution in [0.3, 0.4) is 0 Å². The topological polar surface area (TPSA) is 64.3 Å². The summed E-state index contributed by atoms with van der Waals surface area (Å²) >= 11 is 0. The number of carbonyl (C=O) groups excluding carboxylic acids is 1. The van der Waals surface area contributed by atoms with Crippen LogP contribution in [0.4, 0.5) is 11.4 Å². The lowest BCUT2D eigenvalue weighted by Gasteiger charge is -2.34. The first-order chi connectivity index (χ1) is 9.49. The summed E-state index contributed by atoms with van der Waals surface area (Å²) in [4.78, 5) is 12.0. The van der Waals surface area contributed by atoms with Gasteiger partial charge in [0, 0.05) is 24.4 Å². The molecule has 0 unspecified atom stereocenters. The second-order valence-electron chi connectivity index (χ2n) is 5.69. The van der Waals surface area contributed by atoms with Gasteiger partial charge in [-0.05, 0) is 62.8 Å². The summed E-state index contributed by atoms with van der Waals surface area (Å²) in [5.74, 6) is 0.541. The number of amides is 1. The molecular formula is C16H24N2O2. The number of ether oxygens (including phenoxy) is 1. The molecule has 0 aliphatic heterocycles. The second kappa shape index (κ2) is 6.27. The molecule has 0 spiro atoms. The summed E-state index contributed by atoms with van der Waals surface area (Å²) in [6, 6.07) is 3.84. The van der Waals surface area contributed by atoms with Gasteiger partial charge >= 0.3 is 0 Å². The monoisotopic (exact) mass is 276 g/mol. The van der Waals surface area contributed by atoms with E-state index in [1.54, 1.807) is 0 Å². The van der Waals surface area contributed by atoms with Crippen LogP contribution in [-0.4, -0.2) is 18.6 Å². The molecule has 4 heteroatoms. The second-order valence-corrected chi connectivity index (χ2v) is 5.69. The molecular weight excluding hydrogens is 252 g/mol. The van der Waals surface area contributed by atoms with Gasteiger partial charge in [0.1, 0.15) is 0 Å². The van der Waals surface area contributed by atoms with E-state index in [0.717, 1.165) is 42.0 Å². The highest BCUT2D eigenvalue weighted by atomic mass is 16.5. The molecule has 1 aliphatic carbocycles. The highest BCUT2D eigenvalue weighted by Gasteiger charge is 2.31. The average molecular weight is 276 g/mol. The Morgan fingerprint density at radius 2 is 2.05 bits per heavy atom. The molecule has 0 radical (unpaired) electrons. The summed E-state index contributed by atoms with van der Waals surface area (Å²) in [5, 5.41) is 2.99. The first-order valence-electron chi connectivity index (χ1n) is 7.27. The number of hydrogen-bond donors (Lipinski definition) is 2. The quantitative estimate of drug-likeness (QED) is 0.812. The van der Waals surface area contributed by atoms with E-state index >= 15 is 0 Å². The molecule has 0 atom stereocenters. The standard InChI is InChI=1S/C16H24N2O2/c1-4-20-13-7-12(8-13)9-16(19)18-15-6-10(2)14(17)5-11(15)3/h5-6,12-13H,4,7-9,17H2,1-3H3,(H,18,19). The Labute approximate surface area is 120 Å². The predicted molar refractivity (Wildman–Crippen MR) is 81.7 cm³/mol. The van der Waals surface area contributed by atoms with Crippen LogP contribution >= 0.6 is 0 Å². The lowest BCUT2D eigenvalue weighted by Crippen LogP contribution is -2.33. The van der Waals surface area contributed by atoms with Crippen molar-refractivity contribution >= 4 is 17.3 Å². The Balaban J connectivity index is 1.85. The smallest absolute Gasteiger partial charge is 0.224 e. The van der Waals surface area contributed by atoms with E-state index < -0.39 is 0 Å². The Morgan fingerprint density at radius 3 is 2.70 bits per heavy atom. The fourth-order valence-electron chi connectivity index (χ4n) is 2.65. The third-order valence-corrected chi connectivity index (χ3v) is 3.96. The van der Waals surface area contributed by atoms with Crippen molar-refractivity contribution in [1.29, 1.82) is 0 Å². The van der Waals surface area contributed by atoms with E-state index in [1.165, 1.54) is 0 Å². The zero-order valence-electron chi connectivity index (χ0n) is 12.5. The molecule has 4 nitrogen and oxygen atoms in total. The molecule has 110 valence electrons. The third kappa shape index (κ3) is 3.51. The summed E-state index contributed by atoms with van der Waals surface area (Å²) in [5.41, 5.74) is 9.47. The van der Waals surface area contributed by atoms with Crippen LogP contribution in [-0.2, 0) is 9.53 Å². The van der Waals surface area contributed by atoms with Crippen LogP contribution in [0, 0.1) is 19.8 Å². The number of aryl methyl sites for hydroxylation is 2. The zero-order chi connectivity index (χ0) is 14.7. The van der Waals surface area contributed by atoms with Crippen molar-refractivity contribution in [2.45, 2.75) is 46.1 Å². The number of carbonyl (C=O) groups is 1. The largest absolute Gasteiger partial charge is 0.399 e. The third-order valence-electron chi connectivity index (χ3n) is 3.96. The molecule has 1 aromatic carbocycles. The maximum absolute atomic E-state index is 12.0. The van der Waals surface area contributed by atoms with Crippen molar-refractivity contribution in [2.75, 3.05) is 17.7 Å². The van der Waals surface area contributed by atoms with Gasteiger partial charge in [-0.1, -0.05) is 0 Å². The fourth-order valence-corrected chi connectivity index (χ4v) is 2.65. The fraction of sp³-hybridized carbons (Fsp3) is 0.562. The highest BCUT2D eigenvalue weighted by Crippen LogP contribution is 2.33. The van der Waals surface area contributed by atoms with Crippen molar-refractivity contribution in [3.63, 3.8) is 0 Å². The average Bonchev–Trinajstić information content (AvgIpc) is 2.33. The summed E-state index contributed by atoms with van der Waals surface area (Å²) in [6.07, 6.45) is 2.94. The van der Waals surface area contributed by atoms with E-state index in [9.17, 15) is 4.79 Å². The summed E-state index contributed by atoms with van der Waals surface area (Å²) < 4.78 is 5.51. The Bertz CT molecular complexity index is 493. The first kappa shape index (κ1) is 14.9. The number of nitrogens with two attached hydrogens (primary N) is 1. The highest BCUT2D eigenvalue weighted by molar-refractivity contribution is 5.92. The number of nitrogens with one attached hydrogen (secondary N) is 1. The molecule has 0 saturated heterocycles. The van der Waals surface area contributed by atoms with Crippen LogP contribution in [0.25, 0.3) is 0 Å². The molecule has 1 aromatic rings. The van der Waals surface area contributed by atoms with Crippen LogP contribution < -0.4 is 11.1 Å². The first-order valence-corrected chi connectivity index (χ1v) is 7.27. The molecule has 0 bridgehead atoms. The minimum atomic E-state index is 0.0808. The van der Waals surface area contributed by atoms with Crippen molar-refractivity contribution in [2.24, 2.45) is 5.92 Å². The molecule has 0 aromatic heterocycles. The number of anilines is 2. The zero-order valence-corrected chi connectivity index (χ0v) is 12.5. The SMILES string of the molecule is CCOC1CC(CC(=O)Nc2cc(C)c(N)cc2C)C1. The van der Waals surface area contributed by atoms with E-state index in [4.69, 9.17) is 10.5 Å². The maximum Gasteiger partial charge on any atom is 0.224 e. The molecule has 1 saturated carbocycles. The van der Waals surface area contributed by atoms with Gasteiger partial charge in [0.2, 0.25) is 5.91 Å². The lowest BCUT2D eigenvalue weighted by molar-refractivity contribution is -0.119. The summed E-state index contributed by atoms with van der Waals surface area (Å²) in [7, 11) is 0. The normalized spacial score (nSPS) is 21.4. The number of benzene rings is 1. The predicted octanol–water partition coefficient (Wildman–Crippen LogP) is 3.03. The van der Waals surface area contributed by atoms with Crippen LogP contribution in [0.1, 0.15) is 37.3 Å². The van der Waals surface area contributed by atoms with E-state index in [1.807, 2.05) is 32.9 Å². The van der Waals surface area contributed by atoms with Gasteiger partial charge in [-0.15, -0.1) is 0 Å². The molecule has 1 aliphatic rings. The van der Waals surface area contributed by atoms with E-state index in [-0.39, 0.29) is 5.91 Å². The maximum atomic E-state index is 12.0. The van der Waals surface area contributed by atoms with Crippen LogP contribution in [0.2, 0.25) is 0 Å². The van der Waals surface area contributed by atoms with Crippen LogP contribution in [0.5, 0.6) is 0 Å². The van der Waals surface area contributed by atoms with Gasteiger partial charge in [-0.3, -0.25) is 4.79 Å². The van der Waals surface area contributed by atoms with Gasteiger partial charge in [-0.2, -0.15) is 0 Å². The molecule has 1 amide bonds. The van der Waals surface area contributed by atoms with Crippen molar-refractivity contribution in [3.8, 4) is 0 Å². The minimum absolute atomic E-state index is 0.0808. The number of rotatable bonds is 5. The lowest BCUT2D eigenvalue weighted by atomic mass is 9.80.